The number of hydrogen-bond acceptors (Lipinski definition) is 4. The van der Waals surface area contributed by atoms with Gasteiger partial charge in [-0.15, -0.1) is 0 Å². The zero-order chi connectivity index (χ0) is 17.2. The van der Waals surface area contributed by atoms with E-state index in [9.17, 15) is 4.79 Å². The van der Waals surface area contributed by atoms with Crippen LogP contribution in [0.3, 0.4) is 0 Å². The van der Waals surface area contributed by atoms with E-state index in [0.29, 0.717) is 12.1 Å². The monoisotopic (exact) mass is 339 g/mol. The van der Waals surface area contributed by atoms with E-state index in [0.717, 1.165) is 44.5 Å². The van der Waals surface area contributed by atoms with E-state index in [1.165, 1.54) is 5.56 Å². The summed E-state index contributed by atoms with van der Waals surface area (Å²) in [6.07, 6.45) is 7.99. The molecule has 1 aromatic carbocycles. The van der Waals surface area contributed by atoms with Gasteiger partial charge >= 0.3 is 0 Å². The molecule has 1 atom stereocenters. The highest BCUT2D eigenvalue weighted by Gasteiger charge is 2.31. The van der Waals surface area contributed by atoms with Crippen LogP contribution < -0.4 is 11.1 Å². The first-order valence-electron chi connectivity index (χ1n) is 9.07. The van der Waals surface area contributed by atoms with Gasteiger partial charge in [-0.05, 0) is 56.0 Å². The van der Waals surface area contributed by atoms with E-state index in [-0.39, 0.29) is 11.9 Å². The fourth-order valence-corrected chi connectivity index (χ4v) is 3.99. The highest BCUT2D eigenvalue weighted by molar-refractivity contribution is 5.80. The summed E-state index contributed by atoms with van der Waals surface area (Å²) in [7, 11) is 0. The SMILES string of the molecule is NC(=O)[C@H]1CCCN1Cc1cccc(NC2CC(n3cccn3)C2)c1. The van der Waals surface area contributed by atoms with Crippen molar-refractivity contribution in [1.29, 1.82) is 0 Å². The summed E-state index contributed by atoms with van der Waals surface area (Å²) in [6.45, 7) is 1.73. The lowest BCUT2D eigenvalue weighted by molar-refractivity contribution is -0.122. The molecule has 2 fully saturated rings. The van der Waals surface area contributed by atoms with E-state index >= 15 is 0 Å². The lowest BCUT2D eigenvalue weighted by Gasteiger charge is -2.36. The van der Waals surface area contributed by atoms with E-state index in [2.05, 4.69) is 39.6 Å². The number of primary amides is 1. The molecule has 1 saturated carbocycles. The van der Waals surface area contributed by atoms with Crippen LogP contribution in [-0.4, -0.2) is 39.2 Å². The third-order valence-corrected chi connectivity index (χ3v) is 5.39. The van der Waals surface area contributed by atoms with Crippen molar-refractivity contribution in [2.24, 2.45) is 5.73 Å². The van der Waals surface area contributed by atoms with Crippen LogP contribution in [0.1, 0.15) is 37.3 Å². The van der Waals surface area contributed by atoms with Crippen LogP contribution in [0.4, 0.5) is 5.69 Å². The summed E-state index contributed by atoms with van der Waals surface area (Å²) in [5.41, 5.74) is 7.89. The quantitative estimate of drug-likeness (QED) is 0.845. The highest BCUT2D eigenvalue weighted by Crippen LogP contribution is 2.34. The van der Waals surface area contributed by atoms with Crippen molar-refractivity contribution in [2.75, 3.05) is 11.9 Å². The Morgan fingerprint density at radius 3 is 2.96 bits per heavy atom. The minimum atomic E-state index is -0.203. The topological polar surface area (TPSA) is 76.2 Å². The Morgan fingerprint density at radius 1 is 1.32 bits per heavy atom. The third-order valence-electron chi connectivity index (χ3n) is 5.39. The molecule has 6 nitrogen and oxygen atoms in total. The molecule has 6 heteroatoms. The van der Waals surface area contributed by atoms with Gasteiger partial charge in [0.05, 0.1) is 12.1 Å². The van der Waals surface area contributed by atoms with Gasteiger partial charge in [-0.25, -0.2) is 0 Å². The summed E-state index contributed by atoms with van der Waals surface area (Å²) in [6, 6.07) is 11.4. The molecule has 0 radical (unpaired) electrons. The Hall–Kier alpha value is -2.34. The zero-order valence-corrected chi connectivity index (χ0v) is 14.3. The number of aromatic nitrogens is 2. The summed E-state index contributed by atoms with van der Waals surface area (Å²) in [5.74, 6) is -0.203. The smallest absolute Gasteiger partial charge is 0.234 e. The lowest BCUT2D eigenvalue weighted by atomic mass is 9.86. The molecule has 1 aliphatic heterocycles. The first-order chi connectivity index (χ1) is 12.2. The van der Waals surface area contributed by atoms with Gasteiger partial charge in [0.25, 0.3) is 0 Å². The van der Waals surface area contributed by atoms with Crippen LogP contribution >= 0.6 is 0 Å². The van der Waals surface area contributed by atoms with E-state index in [1.807, 2.05) is 23.1 Å². The van der Waals surface area contributed by atoms with Crippen LogP contribution in [0.2, 0.25) is 0 Å². The van der Waals surface area contributed by atoms with E-state index in [4.69, 9.17) is 5.73 Å². The Balaban J connectivity index is 1.33. The maximum absolute atomic E-state index is 11.6. The molecule has 2 aliphatic rings. The normalized spacial score (nSPS) is 26.3. The molecular formula is C19H25N5O. The van der Waals surface area contributed by atoms with Crippen LogP contribution in [0, 0.1) is 0 Å². The van der Waals surface area contributed by atoms with Gasteiger partial charge in [-0.3, -0.25) is 14.4 Å². The fourth-order valence-electron chi connectivity index (χ4n) is 3.99. The van der Waals surface area contributed by atoms with Crippen molar-refractivity contribution in [3.8, 4) is 0 Å². The van der Waals surface area contributed by atoms with Crippen molar-refractivity contribution in [1.82, 2.24) is 14.7 Å². The second-order valence-corrected chi connectivity index (χ2v) is 7.18. The third kappa shape index (κ3) is 3.54. The summed E-state index contributed by atoms with van der Waals surface area (Å²) >= 11 is 0. The number of nitrogens with two attached hydrogens (primary N) is 1. The summed E-state index contributed by atoms with van der Waals surface area (Å²) < 4.78 is 2.05. The molecule has 2 aromatic rings. The number of amides is 1. The van der Waals surface area contributed by atoms with E-state index in [1.54, 1.807) is 0 Å². The molecule has 132 valence electrons. The first kappa shape index (κ1) is 16.1. The summed E-state index contributed by atoms with van der Waals surface area (Å²) in [4.78, 5) is 13.7. The van der Waals surface area contributed by atoms with Crippen LogP contribution in [0.25, 0.3) is 0 Å². The van der Waals surface area contributed by atoms with Crippen molar-refractivity contribution in [2.45, 2.75) is 50.4 Å². The molecule has 1 aromatic heterocycles. The zero-order valence-electron chi connectivity index (χ0n) is 14.3. The average molecular weight is 339 g/mol. The van der Waals surface area contributed by atoms with Crippen molar-refractivity contribution < 1.29 is 4.79 Å². The molecule has 2 heterocycles. The number of carbonyl (C=O) groups is 1. The highest BCUT2D eigenvalue weighted by atomic mass is 16.1. The van der Waals surface area contributed by atoms with Crippen LogP contribution in [0.5, 0.6) is 0 Å². The van der Waals surface area contributed by atoms with Crippen molar-refractivity contribution in [3.63, 3.8) is 0 Å². The molecule has 25 heavy (non-hydrogen) atoms. The van der Waals surface area contributed by atoms with Gasteiger partial charge in [0.2, 0.25) is 5.91 Å². The maximum Gasteiger partial charge on any atom is 0.234 e. The predicted octanol–water partition coefficient (Wildman–Crippen LogP) is 2.15. The van der Waals surface area contributed by atoms with Gasteiger partial charge in [-0.1, -0.05) is 12.1 Å². The van der Waals surface area contributed by atoms with Crippen molar-refractivity contribution in [3.05, 3.63) is 48.3 Å². The number of anilines is 1. The lowest BCUT2D eigenvalue weighted by Crippen LogP contribution is -2.39. The molecule has 1 amide bonds. The summed E-state index contributed by atoms with van der Waals surface area (Å²) in [5, 5.41) is 7.94. The standard InChI is InChI=1S/C19H25N5O/c20-19(25)18-6-2-8-23(18)13-14-4-1-5-15(10-14)22-16-11-17(12-16)24-9-3-7-21-24/h1,3-5,7,9-10,16-18,22H,2,6,8,11-13H2,(H2,20,25)/t16?,17?,18-/m1/s1. The Labute approximate surface area is 148 Å². The van der Waals surface area contributed by atoms with Gasteiger partial charge in [0, 0.05) is 30.7 Å². The molecule has 1 aliphatic carbocycles. The van der Waals surface area contributed by atoms with Crippen LogP contribution in [-0.2, 0) is 11.3 Å². The van der Waals surface area contributed by atoms with Crippen molar-refractivity contribution >= 4 is 11.6 Å². The van der Waals surface area contributed by atoms with Gasteiger partial charge in [0.1, 0.15) is 0 Å². The number of carbonyl (C=O) groups excluding carboxylic acids is 1. The number of nitrogens with zero attached hydrogens (tertiary/aromatic N) is 3. The van der Waals surface area contributed by atoms with Gasteiger partial charge < -0.3 is 11.1 Å². The number of hydrogen-bond donors (Lipinski definition) is 2. The average Bonchev–Trinajstić information content (AvgIpc) is 3.22. The number of benzene rings is 1. The maximum atomic E-state index is 11.6. The second kappa shape index (κ2) is 6.88. The number of nitrogens with one attached hydrogen (secondary N) is 1. The molecule has 1 saturated heterocycles. The molecule has 0 bridgehead atoms. The Morgan fingerprint density at radius 2 is 2.20 bits per heavy atom. The largest absolute Gasteiger partial charge is 0.382 e. The molecular weight excluding hydrogens is 314 g/mol. The molecule has 0 unspecified atom stereocenters. The minimum Gasteiger partial charge on any atom is -0.382 e. The van der Waals surface area contributed by atoms with Crippen LogP contribution in [0.15, 0.2) is 42.7 Å². The second-order valence-electron chi connectivity index (χ2n) is 7.18. The van der Waals surface area contributed by atoms with E-state index < -0.39 is 0 Å². The Bertz CT molecular complexity index is 723. The molecule has 0 spiro atoms. The fraction of sp³-hybridized carbons (Fsp3) is 0.474. The Kier molecular flexibility index (Phi) is 4.44. The minimum absolute atomic E-state index is 0.113. The number of rotatable bonds is 6. The van der Waals surface area contributed by atoms with Gasteiger partial charge in [0.15, 0.2) is 0 Å². The molecule has 3 N–H and O–H groups in total. The first-order valence-corrected chi connectivity index (χ1v) is 9.07. The number of likely N-dealkylation sites (tertiary alicyclic amines) is 1. The molecule has 4 rings (SSSR count). The van der Waals surface area contributed by atoms with Gasteiger partial charge in [-0.2, -0.15) is 5.10 Å². The predicted molar refractivity (Wildman–Crippen MR) is 97.0 cm³/mol.